The van der Waals surface area contributed by atoms with Crippen molar-refractivity contribution in [2.45, 2.75) is 39.5 Å². The molecule has 0 fully saturated rings. The topological polar surface area (TPSA) is 58.6 Å². The van der Waals surface area contributed by atoms with E-state index in [0.717, 1.165) is 17.7 Å². The van der Waals surface area contributed by atoms with E-state index in [1.807, 2.05) is 48.5 Å². The molecule has 0 bridgehead atoms. The van der Waals surface area contributed by atoms with E-state index < -0.39 is 0 Å². The molecule has 2 rings (SSSR count). The summed E-state index contributed by atoms with van der Waals surface area (Å²) in [7, 11) is 1.64. The fourth-order valence-electron chi connectivity index (χ4n) is 3.01. The molecule has 2 aromatic rings. The van der Waals surface area contributed by atoms with E-state index in [2.05, 4.69) is 26.1 Å². The zero-order valence-corrected chi connectivity index (χ0v) is 18.1. The van der Waals surface area contributed by atoms with Crippen LogP contribution in [0.5, 0.6) is 5.75 Å². The summed E-state index contributed by atoms with van der Waals surface area (Å²) in [6.07, 6.45) is 0.756. The summed E-state index contributed by atoms with van der Waals surface area (Å²) >= 11 is 0. The molecule has 0 unspecified atom stereocenters. The van der Waals surface area contributed by atoms with Crippen LogP contribution in [-0.2, 0) is 16.6 Å². The Morgan fingerprint density at radius 1 is 0.966 bits per heavy atom. The van der Waals surface area contributed by atoms with Crippen molar-refractivity contribution in [3.05, 3.63) is 65.2 Å². The zero-order valence-electron chi connectivity index (χ0n) is 18.1. The van der Waals surface area contributed by atoms with E-state index in [4.69, 9.17) is 4.74 Å². The molecule has 0 saturated carbocycles. The Balaban J connectivity index is 1.83. The van der Waals surface area contributed by atoms with Crippen LogP contribution in [0.25, 0.3) is 0 Å². The molecule has 0 atom stereocenters. The normalized spacial score (nSPS) is 11.1. The van der Waals surface area contributed by atoms with Gasteiger partial charge in [-0.1, -0.05) is 45.0 Å². The van der Waals surface area contributed by atoms with Gasteiger partial charge in [-0.3, -0.25) is 9.59 Å². The first kappa shape index (κ1) is 22.5. The molecule has 0 saturated heterocycles. The first-order valence-corrected chi connectivity index (χ1v) is 9.98. The molecule has 0 aliphatic heterocycles. The molecular weight excluding hydrogens is 364 g/mol. The summed E-state index contributed by atoms with van der Waals surface area (Å²) in [5.41, 5.74) is 3.02. The fourth-order valence-corrected chi connectivity index (χ4v) is 3.01. The van der Waals surface area contributed by atoms with Gasteiger partial charge >= 0.3 is 0 Å². The number of carbonyl (C=O) groups is 2. The van der Waals surface area contributed by atoms with Gasteiger partial charge < -0.3 is 15.0 Å². The van der Waals surface area contributed by atoms with Crippen LogP contribution >= 0.6 is 0 Å². The SMILES string of the molecule is COc1ccc(CCN(CCNC(=O)c2ccc(C(C)(C)C)cc2)C(C)=O)cc1. The average Bonchev–Trinajstić information content (AvgIpc) is 2.70. The Hall–Kier alpha value is -2.82. The minimum atomic E-state index is -0.121. The first-order chi connectivity index (χ1) is 13.7. The Morgan fingerprint density at radius 3 is 2.10 bits per heavy atom. The lowest BCUT2D eigenvalue weighted by atomic mass is 9.87. The largest absolute Gasteiger partial charge is 0.497 e. The van der Waals surface area contributed by atoms with Crippen molar-refractivity contribution in [1.82, 2.24) is 10.2 Å². The van der Waals surface area contributed by atoms with Gasteiger partial charge in [0.2, 0.25) is 5.91 Å². The maximum absolute atomic E-state index is 12.4. The van der Waals surface area contributed by atoms with Crippen LogP contribution in [0.1, 0.15) is 49.2 Å². The fraction of sp³-hybridized carbons (Fsp3) is 0.417. The van der Waals surface area contributed by atoms with E-state index in [1.54, 1.807) is 18.9 Å². The van der Waals surface area contributed by atoms with Crippen LogP contribution in [0, 0.1) is 0 Å². The Bertz CT molecular complexity index is 806. The van der Waals surface area contributed by atoms with Gasteiger partial charge in [-0.15, -0.1) is 0 Å². The minimum Gasteiger partial charge on any atom is -0.497 e. The molecule has 0 spiro atoms. The van der Waals surface area contributed by atoms with E-state index in [1.165, 1.54) is 5.56 Å². The molecular formula is C24H32N2O3. The molecule has 29 heavy (non-hydrogen) atoms. The first-order valence-electron chi connectivity index (χ1n) is 9.98. The Labute approximate surface area is 174 Å². The van der Waals surface area contributed by atoms with Crippen LogP contribution in [0.3, 0.4) is 0 Å². The van der Waals surface area contributed by atoms with Crippen molar-refractivity contribution in [3.63, 3.8) is 0 Å². The van der Waals surface area contributed by atoms with Crippen LogP contribution in [0.15, 0.2) is 48.5 Å². The quantitative estimate of drug-likeness (QED) is 0.738. The molecule has 5 heteroatoms. The lowest BCUT2D eigenvalue weighted by Crippen LogP contribution is -2.38. The van der Waals surface area contributed by atoms with Crippen molar-refractivity contribution in [2.24, 2.45) is 0 Å². The summed E-state index contributed by atoms with van der Waals surface area (Å²) < 4.78 is 5.16. The predicted octanol–water partition coefficient (Wildman–Crippen LogP) is 3.81. The molecule has 0 aromatic heterocycles. The van der Waals surface area contributed by atoms with Crippen molar-refractivity contribution in [1.29, 1.82) is 0 Å². The second-order valence-corrected chi connectivity index (χ2v) is 8.19. The highest BCUT2D eigenvalue weighted by molar-refractivity contribution is 5.94. The van der Waals surface area contributed by atoms with Gasteiger partial charge in [-0.25, -0.2) is 0 Å². The highest BCUT2D eigenvalue weighted by Crippen LogP contribution is 2.22. The molecule has 0 radical (unpaired) electrons. The van der Waals surface area contributed by atoms with Crippen molar-refractivity contribution < 1.29 is 14.3 Å². The van der Waals surface area contributed by atoms with Gasteiger partial charge in [0, 0.05) is 32.1 Å². The third kappa shape index (κ3) is 6.93. The number of carbonyl (C=O) groups excluding carboxylic acids is 2. The van der Waals surface area contributed by atoms with Gasteiger partial charge in [0.1, 0.15) is 5.75 Å². The zero-order chi connectivity index (χ0) is 21.4. The van der Waals surface area contributed by atoms with Gasteiger partial charge in [0.05, 0.1) is 7.11 Å². The highest BCUT2D eigenvalue weighted by Gasteiger charge is 2.15. The molecule has 1 N–H and O–H groups in total. The number of nitrogens with one attached hydrogen (secondary N) is 1. The van der Waals surface area contributed by atoms with Crippen LogP contribution < -0.4 is 10.1 Å². The third-order valence-electron chi connectivity index (χ3n) is 4.96. The lowest BCUT2D eigenvalue weighted by molar-refractivity contribution is -0.128. The highest BCUT2D eigenvalue weighted by atomic mass is 16.5. The van der Waals surface area contributed by atoms with Gasteiger partial charge in [-0.2, -0.15) is 0 Å². The Morgan fingerprint density at radius 2 is 1.59 bits per heavy atom. The lowest BCUT2D eigenvalue weighted by Gasteiger charge is -2.21. The number of rotatable bonds is 8. The predicted molar refractivity (Wildman–Crippen MR) is 116 cm³/mol. The average molecular weight is 397 g/mol. The number of nitrogens with zero attached hydrogens (tertiary/aromatic N) is 1. The molecule has 156 valence electrons. The number of hydrogen-bond acceptors (Lipinski definition) is 3. The molecule has 0 aliphatic carbocycles. The van der Waals surface area contributed by atoms with Crippen LogP contribution in [0.4, 0.5) is 0 Å². The van der Waals surface area contributed by atoms with Gasteiger partial charge in [0.15, 0.2) is 0 Å². The Kier molecular flexibility index (Phi) is 7.82. The van der Waals surface area contributed by atoms with E-state index in [9.17, 15) is 9.59 Å². The number of hydrogen-bond donors (Lipinski definition) is 1. The number of ether oxygens (including phenoxy) is 1. The monoisotopic (exact) mass is 396 g/mol. The standard InChI is InChI=1S/C24H32N2O3/c1-18(27)26(16-14-19-6-12-22(29-5)13-7-19)17-15-25-23(28)20-8-10-21(11-9-20)24(2,3)4/h6-13H,14-17H2,1-5H3,(H,25,28). The second kappa shape index (κ2) is 10.1. The molecule has 2 aromatic carbocycles. The van der Waals surface area contributed by atoms with Crippen LogP contribution in [0.2, 0.25) is 0 Å². The smallest absolute Gasteiger partial charge is 0.251 e. The van der Waals surface area contributed by atoms with Crippen molar-refractivity contribution in [3.8, 4) is 5.75 Å². The summed E-state index contributed by atoms with van der Waals surface area (Å²) in [5.74, 6) is 0.696. The van der Waals surface area contributed by atoms with E-state index in [-0.39, 0.29) is 17.2 Å². The maximum atomic E-state index is 12.4. The summed E-state index contributed by atoms with van der Waals surface area (Å²) in [5, 5.41) is 2.91. The molecule has 2 amide bonds. The van der Waals surface area contributed by atoms with Gasteiger partial charge in [-0.05, 0) is 47.2 Å². The molecule has 0 heterocycles. The van der Waals surface area contributed by atoms with Crippen molar-refractivity contribution in [2.75, 3.05) is 26.7 Å². The number of amides is 2. The molecule has 0 aliphatic rings. The second-order valence-electron chi connectivity index (χ2n) is 8.19. The molecule has 5 nitrogen and oxygen atoms in total. The van der Waals surface area contributed by atoms with E-state index >= 15 is 0 Å². The van der Waals surface area contributed by atoms with Crippen molar-refractivity contribution >= 4 is 11.8 Å². The van der Waals surface area contributed by atoms with Crippen LogP contribution in [-0.4, -0.2) is 43.5 Å². The van der Waals surface area contributed by atoms with Gasteiger partial charge in [0.25, 0.3) is 5.91 Å². The maximum Gasteiger partial charge on any atom is 0.251 e. The summed E-state index contributed by atoms with van der Waals surface area (Å²) in [6.45, 7) is 9.50. The minimum absolute atomic E-state index is 0.00212. The summed E-state index contributed by atoms with van der Waals surface area (Å²) in [4.78, 5) is 26.1. The van der Waals surface area contributed by atoms with E-state index in [0.29, 0.717) is 25.2 Å². The number of benzene rings is 2. The summed E-state index contributed by atoms with van der Waals surface area (Å²) in [6, 6.07) is 15.5. The third-order valence-corrected chi connectivity index (χ3v) is 4.96. The number of methoxy groups -OCH3 is 1.